The van der Waals surface area contributed by atoms with Crippen molar-refractivity contribution in [3.63, 3.8) is 0 Å². The van der Waals surface area contributed by atoms with Gasteiger partial charge in [-0.05, 0) is 18.8 Å². The van der Waals surface area contributed by atoms with E-state index in [1.165, 1.54) is 0 Å². The third-order valence-electron chi connectivity index (χ3n) is 4.32. The molecule has 21 heavy (non-hydrogen) atoms. The maximum atomic E-state index is 12.3. The molecule has 2 fully saturated rings. The highest BCUT2D eigenvalue weighted by atomic mass is 32.2. The van der Waals surface area contributed by atoms with E-state index in [0.29, 0.717) is 11.8 Å². The first-order valence-electron chi connectivity index (χ1n) is 7.69. The van der Waals surface area contributed by atoms with Crippen LogP contribution in [0.5, 0.6) is 0 Å². The van der Waals surface area contributed by atoms with Gasteiger partial charge in [-0.2, -0.15) is 11.8 Å². The van der Waals surface area contributed by atoms with Crippen LogP contribution in [0.1, 0.15) is 19.3 Å². The molecule has 0 aromatic carbocycles. The molecule has 6 heteroatoms. The molecule has 0 bridgehead atoms. The van der Waals surface area contributed by atoms with E-state index in [1.807, 2.05) is 22.9 Å². The molecule has 1 aromatic rings. The number of piperidine rings is 1. The van der Waals surface area contributed by atoms with Crippen molar-refractivity contribution in [3.8, 4) is 0 Å². The van der Waals surface area contributed by atoms with Crippen molar-refractivity contribution >= 4 is 23.5 Å². The maximum absolute atomic E-state index is 12.3. The second-order valence-corrected chi connectivity index (χ2v) is 6.92. The summed E-state index contributed by atoms with van der Waals surface area (Å²) in [5.74, 6) is 4.02. The second kappa shape index (κ2) is 7.11. The molecule has 0 N–H and O–H groups in total. The monoisotopic (exact) mass is 306 g/mol. The smallest absolute Gasteiger partial charge is 0.222 e. The number of rotatable bonds is 3. The van der Waals surface area contributed by atoms with E-state index in [1.54, 1.807) is 12.4 Å². The number of anilines is 1. The molecule has 0 aliphatic carbocycles. The highest BCUT2D eigenvalue weighted by molar-refractivity contribution is 7.99. The van der Waals surface area contributed by atoms with Gasteiger partial charge in [0, 0.05) is 56.5 Å². The van der Waals surface area contributed by atoms with Gasteiger partial charge < -0.3 is 9.80 Å². The van der Waals surface area contributed by atoms with Gasteiger partial charge in [0.15, 0.2) is 0 Å². The molecule has 0 spiro atoms. The molecule has 2 aliphatic heterocycles. The van der Waals surface area contributed by atoms with Crippen LogP contribution < -0.4 is 4.90 Å². The van der Waals surface area contributed by atoms with Gasteiger partial charge in [0.05, 0.1) is 6.20 Å². The summed E-state index contributed by atoms with van der Waals surface area (Å²) in [5, 5.41) is 0. The van der Waals surface area contributed by atoms with E-state index in [4.69, 9.17) is 0 Å². The van der Waals surface area contributed by atoms with Crippen LogP contribution in [-0.4, -0.2) is 58.5 Å². The molecule has 1 amide bonds. The molecule has 2 aliphatic rings. The predicted molar refractivity (Wildman–Crippen MR) is 85.5 cm³/mol. The van der Waals surface area contributed by atoms with Crippen molar-refractivity contribution in [1.82, 2.24) is 14.9 Å². The zero-order chi connectivity index (χ0) is 14.5. The van der Waals surface area contributed by atoms with E-state index in [-0.39, 0.29) is 0 Å². The zero-order valence-electron chi connectivity index (χ0n) is 12.3. The summed E-state index contributed by atoms with van der Waals surface area (Å²) in [7, 11) is 0. The molecule has 3 rings (SSSR count). The van der Waals surface area contributed by atoms with E-state index in [0.717, 1.165) is 62.8 Å². The first-order valence-corrected chi connectivity index (χ1v) is 8.85. The molecule has 114 valence electrons. The lowest BCUT2D eigenvalue weighted by Crippen LogP contribution is -2.40. The Bertz CT molecular complexity index is 456. The van der Waals surface area contributed by atoms with Gasteiger partial charge in [0.1, 0.15) is 5.82 Å². The van der Waals surface area contributed by atoms with Crippen LogP contribution in [0, 0.1) is 5.92 Å². The van der Waals surface area contributed by atoms with Crippen LogP contribution in [0.25, 0.3) is 0 Å². The van der Waals surface area contributed by atoms with Crippen molar-refractivity contribution in [3.05, 3.63) is 18.6 Å². The Morgan fingerprint density at radius 2 is 1.95 bits per heavy atom. The molecular formula is C15H22N4OS. The van der Waals surface area contributed by atoms with E-state index < -0.39 is 0 Å². The summed E-state index contributed by atoms with van der Waals surface area (Å²) in [6.07, 6.45) is 8.12. The van der Waals surface area contributed by atoms with Gasteiger partial charge in [-0.15, -0.1) is 0 Å². The fourth-order valence-corrected chi connectivity index (χ4v) is 3.91. The van der Waals surface area contributed by atoms with Crippen molar-refractivity contribution in [2.75, 3.05) is 42.6 Å². The first-order chi connectivity index (χ1) is 10.3. The highest BCUT2D eigenvalue weighted by Crippen LogP contribution is 2.24. The molecule has 0 atom stereocenters. The van der Waals surface area contributed by atoms with Crippen molar-refractivity contribution < 1.29 is 4.79 Å². The predicted octanol–water partition coefficient (Wildman–Crippen LogP) is 1.66. The molecule has 0 saturated carbocycles. The van der Waals surface area contributed by atoms with Crippen LogP contribution in [0.3, 0.4) is 0 Å². The molecule has 2 saturated heterocycles. The average molecular weight is 306 g/mol. The number of carbonyl (C=O) groups excluding carboxylic acids is 1. The molecule has 1 aromatic heterocycles. The Morgan fingerprint density at radius 3 is 2.62 bits per heavy atom. The minimum absolute atomic E-state index is 0.355. The largest absolute Gasteiger partial charge is 0.355 e. The van der Waals surface area contributed by atoms with E-state index in [2.05, 4.69) is 14.9 Å². The highest BCUT2D eigenvalue weighted by Gasteiger charge is 2.25. The maximum Gasteiger partial charge on any atom is 0.222 e. The minimum atomic E-state index is 0.355. The fraction of sp³-hybridized carbons (Fsp3) is 0.667. The Hall–Kier alpha value is -1.30. The molecular weight excluding hydrogens is 284 g/mol. The Morgan fingerprint density at radius 1 is 1.19 bits per heavy atom. The minimum Gasteiger partial charge on any atom is -0.355 e. The van der Waals surface area contributed by atoms with Crippen molar-refractivity contribution in [2.24, 2.45) is 5.92 Å². The lowest BCUT2D eigenvalue weighted by Gasteiger charge is -2.34. The van der Waals surface area contributed by atoms with Gasteiger partial charge >= 0.3 is 0 Å². The van der Waals surface area contributed by atoms with Crippen LogP contribution >= 0.6 is 11.8 Å². The summed E-state index contributed by atoms with van der Waals surface area (Å²) < 4.78 is 0. The van der Waals surface area contributed by atoms with E-state index >= 15 is 0 Å². The van der Waals surface area contributed by atoms with Gasteiger partial charge in [-0.25, -0.2) is 4.98 Å². The van der Waals surface area contributed by atoms with Gasteiger partial charge in [-0.1, -0.05) is 0 Å². The summed E-state index contributed by atoms with van der Waals surface area (Å²) in [6.45, 7) is 3.82. The third kappa shape index (κ3) is 3.87. The lowest BCUT2D eigenvalue weighted by atomic mass is 9.93. The van der Waals surface area contributed by atoms with Crippen LogP contribution in [0.4, 0.5) is 5.82 Å². The summed E-state index contributed by atoms with van der Waals surface area (Å²) >= 11 is 1.95. The van der Waals surface area contributed by atoms with Crippen LogP contribution in [0.15, 0.2) is 18.6 Å². The number of nitrogens with zero attached hydrogens (tertiary/aromatic N) is 4. The van der Waals surface area contributed by atoms with Crippen molar-refractivity contribution in [2.45, 2.75) is 19.3 Å². The zero-order valence-corrected chi connectivity index (χ0v) is 13.1. The standard InChI is InChI=1S/C15H22N4OS/c20-15(19-7-9-21-10-8-19)11-13-1-5-18(6-2-13)14-12-16-3-4-17-14/h3-4,12-13H,1-2,5-11H2. The van der Waals surface area contributed by atoms with Gasteiger partial charge in [0.2, 0.25) is 5.91 Å². The number of amides is 1. The Labute approximate surface area is 130 Å². The SMILES string of the molecule is O=C(CC1CCN(c2cnccn2)CC1)N1CCSCC1. The van der Waals surface area contributed by atoms with Gasteiger partial charge in [0.25, 0.3) is 0 Å². The average Bonchev–Trinajstić information content (AvgIpc) is 2.57. The Kier molecular flexibility index (Phi) is 4.95. The van der Waals surface area contributed by atoms with Crippen LogP contribution in [0.2, 0.25) is 0 Å². The summed E-state index contributed by atoms with van der Waals surface area (Å²) in [6, 6.07) is 0. The van der Waals surface area contributed by atoms with Gasteiger partial charge in [-0.3, -0.25) is 9.78 Å². The molecule has 0 radical (unpaired) electrons. The lowest BCUT2D eigenvalue weighted by molar-refractivity contribution is -0.132. The number of hydrogen-bond donors (Lipinski definition) is 0. The molecule has 0 unspecified atom stereocenters. The number of carbonyl (C=O) groups is 1. The number of thioether (sulfide) groups is 1. The Balaban J connectivity index is 1.46. The molecule has 5 nitrogen and oxygen atoms in total. The quantitative estimate of drug-likeness (QED) is 0.850. The number of aromatic nitrogens is 2. The summed E-state index contributed by atoms with van der Waals surface area (Å²) in [5.41, 5.74) is 0. The topological polar surface area (TPSA) is 49.3 Å². The summed E-state index contributed by atoms with van der Waals surface area (Å²) in [4.78, 5) is 25.1. The molecule has 3 heterocycles. The van der Waals surface area contributed by atoms with E-state index in [9.17, 15) is 4.79 Å². The van der Waals surface area contributed by atoms with Crippen LogP contribution in [-0.2, 0) is 4.79 Å². The van der Waals surface area contributed by atoms with Crippen molar-refractivity contribution in [1.29, 1.82) is 0 Å². The fourth-order valence-electron chi connectivity index (χ4n) is 3.01. The first kappa shape index (κ1) is 14.6. The second-order valence-electron chi connectivity index (χ2n) is 5.69. The number of hydrogen-bond acceptors (Lipinski definition) is 5. The third-order valence-corrected chi connectivity index (χ3v) is 5.26. The normalized spacial score (nSPS) is 20.6.